The van der Waals surface area contributed by atoms with Crippen LogP contribution in [0, 0.1) is 5.92 Å². The van der Waals surface area contributed by atoms with E-state index in [1.165, 1.54) is 0 Å². The van der Waals surface area contributed by atoms with Crippen molar-refractivity contribution in [2.75, 3.05) is 0 Å². The smallest absolute Gasteiger partial charge is 0.408 e. The van der Waals surface area contributed by atoms with Crippen molar-refractivity contribution in [1.29, 1.82) is 0 Å². The van der Waals surface area contributed by atoms with Gasteiger partial charge in [-0.1, -0.05) is 20.3 Å². The fraction of sp³-hybridized carbons (Fsp3) is 0.818. The van der Waals surface area contributed by atoms with E-state index in [9.17, 15) is 9.59 Å². The average Bonchev–Trinajstić information content (AvgIpc) is 2.10. The van der Waals surface area contributed by atoms with Gasteiger partial charge in [-0.25, -0.2) is 4.79 Å². The Bertz CT molecular complexity index is 220. The van der Waals surface area contributed by atoms with Crippen LogP contribution in [0.1, 0.15) is 41.0 Å². The predicted octanol–water partition coefficient (Wildman–Crippen LogP) is 2.04. The van der Waals surface area contributed by atoms with E-state index >= 15 is 0 Å². The van der Waals surface area contributed by atoms with E-state index in [1.807, 2.05) is 20.1 Å². The molecular formula is C11H20NO3. The summed E-state index contributed by atoms with van der Waals surface area (Å²) < 4.78 is 5.04. The van der Waals surface area contributed by atoms with Crippen molar-refractivity contribution in [3.63, 3.8) is 0 Å². The molecule has 1 unspecified atom stereocenters. The number of amides is 1. The van der Waals surface area contributed by atoms with E-state index in [1.54, 1.807) is 20.8 Å². The highest BCUT2D eigenvalue weighted by Gasteiger charge is 2.22. The predicted molar refractivity (Wildman–Crippen MR) is 58.3 cm³/mol. The van der Waals surface area contributed by atoms with Gasteiger partial charge in [0.1, 0.15) is 11.6 Å². The van der Waals surface area contributed by atoms with Crippen molar-refractivity contribution in [3.8, 4) is 0 Å². The zero-order valence-electron chi connectivity index (χ0n) is 10.1. The first-order chi connectivity index (χ1) is 6.80. The van der Waals surface area contributed by atoms with Crippen LogP contribution in [-0.4, -0.2) is 24.0 Å². The van der Waals surface area contributed by atoms with E-state index in [-0.39, 0.29) is 5.92 Å². The Labute approximate surface area is 91.4 Å². The van der Waals surface area contributed by atoms with Crippen LogP contribution in [0.4, 0.5) is 4.79 Å². The molecule has 0 aliphatic rings. The molecule has 0 saturated carbocycles. The fourth-order valence-electron chi connectivity index (χ4n) is 0.958. The summed E-state index contributed by atoms with van der Waals surface area (Å²) in [6.45, 7) is 9.15. The maximum Gasteiger partial charge on any atom is 0.408 e. The van der Waals surface area contributed by atoms with Crippen LogP contribution < -0.4 is 5.32 Å². The molecule has 15 heavy (non-hydrogen) atoms. The quantitative estimate of drug-likeness (QED) is 0.779. The Kier molecular flexibility index (Phi) is 5.33. The van der Waals surface area contributed by atoms with Crippen LogP contribution in [0.25, 0.3) is 0 Å². The number of carbonyl (C=O) groups is 1. The van der Waals surface area contributed by atoms with E-state index in [0.29, 0.717) is 0 Å². The molecule has 0 spiro atoms. The van der Waals surface area contributed by atoms with Crippen molar-refractivity contribution in [3.05, 3.63) is 0 Å². The molecule has 0 aromatic carbocycles. The molecular weight excluding hydrogens is 194 g/mol. The lowest BCUT2D eigenvalue weighted by Crippen LogP contribution is -2.43. The van der Waals surface area contributed by atoms with Gasteiger partial charge in [-0.15, -0.1) is 0 Å². The topological polar surface area (TPSA) is 55.4 Å². The minimum Gasteiger partial charge on any atom is -0.444 e. The SMILES string of the molecule is CC[C@@H](C)C([C]=O)NC(=O)OC(C)(C)C. The summed E-state index contributed by atoms with van der Waals surface area (Å²) in [4.78, 5) is 21.9. The summed E-state index contributed by atoms with van der Waals surface area (Å²) in [7, 11) is 0. The molecule has 1 amide bonds. The average molecular weight is 214 g/mol. The molecule has 2 atom stereocenters. The van der Waals surface area contributed by atoms with Gasteiger partial charge in [0.05, 0.1) is 0 Å². The second-order valence-electron chi connectivity index (χ2n) is 4.63. The molecule has 0 aromatic rings. The molecule has 0 heterocycles. The third-order valence-electron chi connectivity index (χ3n) is 2.01. The first-order valence-electron chi connectivity index (χ1n) is 5.17. The first-order valence-corrected chi connectivity index (χ1v) is 5.17. The minimum atomic E-state index is -0.593. The summed E-state index contributed by atoms with van der Waals surface area (Å²) >= 11 is 0. The normalized spacial score (nSPS) is 15.3. The van der Waals surface area contributed by atoms with E-state index in [2.05, 4.69) is 5.32 Å². The molecule has 0 fully saturated rings. The molecule has 4 nitrogen and oxygen atoms in total. The Hall–Kier alpha value is -1.06. The Morgan fingerprint density at radius 3 is 2.33 bits per heavy atom. The number of nitrogens with one attached hydrogen (secondary N) is 1. The highest BCUT2D eigenvalue weighted by atomic mass is 16.6. The second-order valence-corrected chi connectivity index (χ2v) is 4.63. The molecule has 4 heteroatoms. The van der Waals surface area contributed by atoms with Gasteiger partial charge in [0, 0.05) is 0 Å². The minimum absolute atomic E-state index is 0.0648. The lowest BCUT2D eigenvalue weighted by Gasteiger charge is -2.23. The zero-order chi connectivity index (χ0) is 12.1. The molecule has 0 saturated heterocycles. The zero-order valence-corrected chi connectivity index (χ0v) is 10.1. The second kappa shape index (κ2) is 5.73. The molecule has 0 bridgehead atoms. The van der Waals surface area contributed by atoms with Gasteiger partial charge >= 0.3 is 6.09 Å². The number of hydrogen-bond donors (Lipinski definition) is 1. The van der Waals surface area contributed by atoms with Crippen molar-refractivity contribution < 1.29 is 14.3 Å². The van der Waals surface area contributed by atoms with Gasteiger partial charge in [0.25, 0.3) is 0 Å². The van der Waals surface area contributed by atoms with Crippen LogP contribution in [0.5, 0.6) is 0 Å². The molecule has 0 rings (SSSR count). The summed E-state index contributed by atoms with van der Waals surface area (Å²) in [5, 5.41) is 2.49. The summed E-state index contributed by atoms with van der Waals surface area (Å²) in [5.74, 6) is 0.0648. The first kappa shape index (κ1) is 13.9. The van der Waals surface area contributed by atoms with E-state index in [0.717, 1.165) is 6.42 Å². The monoisotopic (exact) mass is 214 g/mol. The van der Waals surface area contributed by atoms with Crippen LogP contribution in [0.15, 0.2) is 0 Å². The summed E-state index contributed by atoms with van der Waals surface area (Å²) in [6.07, 6.45) is 2.04. The lowest BCUT2D eigenvalue weighted by atomic mass is 10.0. The van der Waals surface area contributed by atoms with Gasteiger partial charge in [-0.05, 0) is 26.7 Å². The molecule has 1 radical (unpaired) electrons. The van der Waals surface area contributed by atoms with E-state index < -0.39 is 17.7 Å². The van der Waals surface area contributed by atoms with Gasteiger partial charge in [-0.3, -0.25) is 4.79 Å². The van der Waals surface area contributed by atoms with Crippen molar-refractivity contribution in [1.82, 2.24) is 5.32 Å². The van der Waals surface area contributed by atoms with Crippen LogP contribution in [-0.2, 0) is 9.53 Å². The van der Waals surface area contributed by atoms with E-state index in [4.69, 9.17) is 4.74 Å². The maximum absolute atomic E-state index is 11.3. The summed E-state index contributed by atoms with van der Waals surface area (Å²) in [5.41, 5.74) is -0.549. The van der Waals surface area contributed by atoms with Gasteiger partial charge in [0.15, 0.2) is 0 Å². The molecule has 87 valence electrons. The van der Waals surface area contributed by atoms with Crippen LogP contribution in [0.3, 0.4) is 0 Å². The standard InChI is InChI=1S/C11H20NO3/c1-6-8(2)9(7-13)12-10(14)15-11(3,4)5/h8-9H,6H2,1-5H3,(H,12,14)/t8-,9?/m1/s1. The van der Waals surface area contributed by atoms with Crippen molar-refractivity contribution >= 4 is 12.4 Å². The van der Waals surface area contributed by atoms with Crippen molar-refractivity contribution in [2.45, 2.75) is 52.7 Å². The number of hydrogen-bond acceptors (Lipinski definition) is 3. The van der Waals surface area contributed by atoms with Crippen molar-refractivity contribution in [2.24, 2.45) is 5.92 Å². The third-order valence-corrected chi connectivity index (χ3v) is 2.01. The number of carbonyl (C=O) groups excluding carboxylic acids is 2. The van der Waals surface area contributed by atoms with Gasteiger partial charge in [-0.2, -0.15) is 0 Å². The van der Waals surface area contributed by atoms with Crippen LogP contribution in [0.2, 0.25) is 0 Å². The Morgan fingerprint density at radius 2 is 2.00 bits per heavy atom. The highest BCUT2D eigenvalue weighted by Crippen LogP contribution is 2.09. The Morgan fingerprint density at radius 1 is 1.47 bits per heavy atom. The van der Waals surface area contributed by atoms with Gasteiger partial charge in [0.2, 0.25) is 6.29 Å². The number of alkyl carbamates (subject to hydrolysis) is 1. The molecule has 0 aliphatic carbocycles. The maximum atomic E-state index is 11.3. The number of rotatable bonds is 4. The fourth-order valence-corrected chi connectivity index (χ4v) is 0.958. The molecule has 0 aliphatic heterocycles. The summed E-state index contributed by atoms with van der Waals surface area (Å²) in [6, 6.07) is -0.593. The van der Waals surface area contributed by atoms with Gasteiger partial charge < -0.3 is 10.1 Å². The lowest BCUT2D eigenvalue weighted by molar-refractivity contribution is 0.0505. The third kappa shape index (κ3) is 6.10. The largest absolute Gasteiger partial charge is 0.444 e. The number of ether oxygens (including phenoxy) is 1. The molecule has 0 aromatic heterocycles. The Balaban J connectivity index is 4.19. The highest BCUT2D eigenvalue weighted by molar-refractivity contribution is 5.73. The molecule has 1 N–H and O–H groups in total. The van der Waals surface area contributed by atoms with Crippen LogP contribution >= 0.6 is 0 Å².